The lowest BCUT2D eigenvalue weighted by atomic mass is 10.1. The van der Waals surface area contributed by atoms with E-state index in [0.29, 0.717) is 48.3 Å². The molecule has 0 aliphatic carbocycles. The third kappa shape index (κ3) is 4.12. The highest BCUT2D eigenvalue weighted by atomic mass is 19.1. The molecule has 10 nitrogen and oxygen atoms in total. The summed E-state index contributed by atoms with van der Waals surface area (Å²) in [4.78, 5) is 23.6. The lowest BCUT2D eigenvalue weighted by Gasteiger charge is -2.40. The molecule has 4 heterocycles. The van der Waals surface area contributed by atoms with E-state index in [1.165, 1.54) is 19.2 Å². The SMILES string of the molecule is COc1c(F)cc(Cn2cc(CNc3nc(C)c4c(n3)N3CCNC[C@@H]3C(=O)N4)cn2)cc1F. The van der Waals surface area contributed by atoms with Gasteiger partial charge in [0.25, 0.3) is 0 Å². The number of nitrogens with zero attached hydrogens (tertiary/aromatic N) is 5. The Hall–Kier alpha value is -3.80. The number of ether oxygens (including phenoxy) is 1. The number of hydrogen-bond donors (Lipinski definition) is 3. The largest absolute Gasteiger partial charge is 0.491 e. The summed E-state index contributed by atoms with van der Waals surface area (Å²) in [5, 5.41) is 13.6. The number of aromatic nitrogens is 4. The molecule has 2 aromatic heterocycles. The number of aryl methyl sites for hydroxylation is 1. The molecule has 2 aliphatic heterocycles. The molecule has 0 spiro atoms. The van der Waals surface area contributed by atoms with Gasteiger partial charge in [-0.05, 0) is 24.6 Å². The third-order valence-corrected chi connectivity index (χ3v) is 5.88. The Kier molecular flexibility index (Phi) is 5.74. The summed E-state index contributed by atoms with van der Waals surface area (Å²) in [6.07, 6.45) is 3.45. The van der Waals surface area contributed by atoms with Gasteiger partial charge in [0.05, 0.1) is 25.5 Å². The molecule has 1 fully saturated rings. The summed E-state index contributed by atoms with van der Waals surface area (Å²) in [5.41, 5.74) is 2.60. The van der Waals surface area contributed by atoms with Crippen LogP contribution in [0.15, 0.2) is 24.5 Å². The van der Waals surface area contributed by atoms with Crippen molar-refractivity contribution in [3.8, 4) is 5.75 Å². The molecule has 0 radical (unpaired) electrons. The lowest BCUT2D eigenvalue weighted by Crippen LogP contribution is -2.59. The molecule has 178 valence electrons. The van der Waals surface area contributed by atoms with Crippen LogP contribution in [0.1, 0.15) is 16.8 Å². The van der Waals surface area contributed by atoms with E-state index in [1.54, 1.807) is 17.1 Å². The first-order valence-electron chi connectivity index (χ1n) is 10.9. The molecule has 12 heteroatoms. The van der Waals surface area contributed by atoms with Gasteiger partial charge in [-0.25, -0.2) is 13.8 Å². The zero-order chi connectivity index (χ0) is 23.8. The number of methoxy groups -OCH3 is 1. The van der Waals surface area contributed by atoms with Gasteiger partial charge >= 0.3 is 0 Å². The predicted octanol–water partition coefficient (Wildman–Crippen LogP) is 1.66. The second-order valence-corrected chi connectivity index (χ2v) is 8.23. The first kappa shape index (κ1) is 22.0. The van der Waals surface area contributed by atoms with Crippen LogP contribution in [-0.4, -0.2) is 58.4 Å². The van der Waals surface area contributed by atoms with Crippen LogP contribution in [0.2, 0.25) is 0 Å². The number of carbonyl (C=O) groups excluding carboxylic acids is 1. The maximum absolute atomic E-state index is 14.0. The summed E-state index contributed by atoms with van der Waals surface area (Å²) in [6.45, 7) is 4.46. The van der Waals surface area contributed by atoms with Gasteiger partial charge in [-0.1, -0.05) is 0 Å². The van der Waals surface area contributed by atoms with E-state index in [9.17, 15) is 13.6 Å². The molecule has 2 aliphatic rings. The van der Waals surface area contributed by atoms with E-state index in [0.717, 1.165) is 12.1 Å². The second-order valence-electron chi connectivity index (χ2n) is 8.23. The molecular weight excluding hydrogens is 446 g/mol. The van der Waals surface area contributed by atoms with Crippen LogP contribution in [0.3, 0.4) is 0 Å². The first-order valence-corrected chi connectivity index (χ1v) is 10.9. The van der Waals surface area contributed by atoms with Gasteiger partial charge in [-0.3, -0.25) is 9.48 Å². The Morgan fingerprint density at radius 1 is 1.24 bits per heavy atom. The van der Waals surface area contributed by atoms with Gasteiger partial charge in [-0.2, -0.15) is 10.1 Å². The number of hydrogen-bond acceptors (Lipinski definition) is 8. The number of fused-ring (bicyclic) bond motifs is 3. The van der Waals surface area contributed by atoms with E-state index in [1.807, 2.05) is 11.8 Å². The standard InChI is InChI=1S/C22H24F2N8O2/c1-12-18-20(32-4-3-25-9-17(32)21(33)29-18)30-22(28-12)26-7-14-8-27-31(11-14)10-13-5-15(23)19(34-2)16(24)6-13/h5-6,8,11,17,25H,3-4,7,9-10H2,1-2H3,(H,29,33)(H,26,28,30)/t17-/m1/s1. The van der Waals surface area contributed by atoms with Crippen molar-refractivity contribution < 1.29 is 18.3 Å². The minimum absolute atomic E-state index is 0.0591. The van der Waals surface area contributed by atoms with E-state index in [-0.39, 0.29) is 18.5 Å². The Morgan fingerprint density at radius 3 is 2.79 bits per heavy atom. The van der Waals surface area contributed by atoms with Crippen LogP contribution < -0.4 is 25.6 Å². The molecule has 34 heavy (non-hydrogen) atoms. The molecule has 3 N–H and O–H groups in total. The van der Waals surface area contributed by atoms with Crippen molar-refractivity contribution in [2.75, 3.05) is 42.3 Å². The molecule has 1 aromatic carbocycles. The van der Waals surface area contributed by atoms with Crippen LogP contribution in [0.4, 0.5) is 26.2 Å². The maximum atomic E-state index is 14.0. The fraction of sp³-hybridized carbons (Fsp3) is 0.364. The molecule has 0 saturated carbocycles. The topological polar surface area (TPSA) is 109 Å². The molecule has 1 amide bonds. The van der Waals surface area contributed by atoms with Crippen LogP contribution in [0.5, 0.6) is 5.75 Å². The van der Waals surface area contributed by atoms with Gasteiger partial charge in [0, 0.05) is 37.9 Å². The van der Waals surface area contributed by atoms with Gasteiger partial charge in [-0.15, -0.1) is 0 Å². The number of nitrogens with one attached hydrogen (secondary N) is 3. The summed E-state index contributed by atoms with van der Waals surface area (Å²) >= 11 is 0. The smallest absolute Gasteiger partial charge is 0.248 e. The Bertz CT molecular complexity index is 1220. The highest BCUT2D eigenvalue weighted by molar-refractivity contribution is 6.03. The van der Waals surface area contributed by atoms with Crippen LogP contribution in [-0.2, 0) is 17.9 Å². The van der Waals surface area contributed by atoms with Gasteiger partial charge in [0.2, 0.25) is 11.9 Å². The van der Waals surface area contributed by atoms with Crippen LogP contribution in [0, 0.1) is 18.6 Å². The minimum Gasteiger partial charge on any atom is -0.491 e. The monoisotopic (exact) mass is 470 g/mol. The van der Waals surface area contributed by atoms with Gasteiger partial charge < -0.3 is 25.6 Å². The number of anilines is 3. The Labute approximate surface area is 194 Å². The number of halogens is 2. The van der Waals surface area contributed by atoms with E-state index < -0.39 is 17.4 Å². The molecule has 3 aromatic rings. The predicted molar refractivity (Wildman–Crippen MR) is 121 cm³/mol. The lowest BCUT2D eigenvalue weighted by molar-refractivity contribution is -0.117. The molecule has 5 rings (SSSR count). The summed E-state index contributed by atoms with van der Waals surface area (Å²) < 4.78 is 34.2. The van der Waals surface area contributed by atoms with Crippen LogP contribution >= 0.6 is 0 Å². The molecule has 1 saturated heterocycles. The number of piperazine rings is 1. The molecule has 1 atom stereocenters. The summed E-state index contributed by atoms with van der Waals surface area (Å²) in [5.74, 6) is -0.821. The maximum Gasteiger partial charge on any atom is 0.248 e. The zero-order valence-electron chi connectivity index (χ0n) is 18.7. The minimum atomic E-state index is -0.755. The van der Waals surface area contributed by atoms with Crippen molar-refractivity contribution >= 4 is 23.4 Å². The number of benzene rings is 1. The van der Waals surface area contributed by atoms with Gasteiger partial charge in [0.15, 0.2) is 23.2 Å². The fourth-order valence-corrected chi connectivity index (χ4v) is 4.24. The van der Waals surface area contributed by atoms with E-state index in [4.69, 9.17) is 4.74 Å². The third-order valence-electron chi connectivity index (χ3n) is 5.88. The van der Waals surface area contributed by atoms with Crippen molar-refractivity contribution in [2.24, 2.45) is 0 Å². The van der Waals surface area contributed by atoms with Crippen molar-refractivity contribution in [3.63, 3.8) is 0 Å². The average molecular weight is 470 g/mol. The van der Waals surface area contributed by atoms with E-state index in [2.05, 4.69) is 31.0 Å². The highest BCUT2D eigenvalue weighted by Crippen LogP contribution is 2.33. The van der Waals surface area contributed by atoms with Gasteiger partial charge in [0.1, 0.15) is 11.7 Å². The molecular formula is C22H24F2N8O2. The summed E-state index contributed by atoms with van der Waals surface area (Å²) in [6, 6.07) is 2.16. The van der Waals surface area contributed by atoms with Crippen molar-refractivity contribution in [2.45, 2.75) is 26.1 Å². The molecule has 0 unspecified atom stereocenters. The van der Waals surface area contributed by atoms with Crippen molar-refractivity contribution in [1.82, 2.24) is 25.1 Å². The Balaban J connectivity index is 1.29. The first-order chi connectivity index (χ1) is 16.4. The van der Waals surface area contributed by atoms with E-state index >= 15 is 0 Å². The normalized spacial score (nSPS) is 17.1. The average Bonchev–Trinajstić information content (AvgIpc) is 3.26. The molecule has 0 bridgehead atoms. The van der Waals surface area contributed by atoms with Crippen molar-refractivity contribution in [3.05, 3.63) is 53.0 Å². The zero-order valence-corrected chi connectivity index (χ0v) is 18.7. The second kappa shape index (κ2) is 8.86. The number of carbonyl (C=O) groups is 1. The number of amides is 1. The van der Waals surface area contributed by atoms with Crippen molar-refractivity contribution in [1.29, 1.82) is 0 Å². The number of rotatable bonds is 6. The Morgan fingerprint density at radius 2 is 2.03 bits per heavy atom. The highest BCUT2D eigenvalue weighted by Gasteiger charge is 2.37. The quantitative estimate of drug-likeness (QED) is 0.499. The fourth-order valence-electron chi connectivity index (χ4n) is 4.24. The van der Waals surface area contributed by atoms with Crippen LogP contribution in [0.25, 0.3) is 0 Å². The summed E-state index contributed by atoms with van der Waals surface area (Å²) in [7, 11) is 1.22.